The number of amides is 1. The number of hydrogen-bond acceptors (Lipinski definition) is 3. The van der Waals surface area contributed by atoms with Crippen LogP contribution in [0.4, 0.5) is 0 Å². The number of carbonyl (C=O) groups is 1. The maximum absolute atomic E-state index is 11.7. The molecule has 0 aliphatic rings. The van der Waals surface area contributed by atoms with Crippen molar-refractivity contribution >= 4 is 28.1 Å². The average molecular weight is 293 g/mol. The number of carbonyl (C=O) groups excluding carboxylic acids is 1. The molecule has 0 fully saturated rings. The van der Waals surface area contributed by atoms with Gasteiger partial charge in [0.15, 0.2) is 0 Å². The van der Waals surface area contributed by atoms with Crippen molar-refractivity contribution in [2.24, 2.45) is 5.10 Å². The molecule has 1 heterocycles. The number of hydrogen-bond donors (Lipinski definition) is 1. The lowest BCUT2D eigenvalue weighted by Gasteiger charge is -2.01. The van der Waals surface area contributed by atoms with Gasteiger partial charge < -0.3 is 4.42 Å². The van der Waals surface area contributed by atoms with Gasteiger partial charge in [0, 0.05) is 4.47 Å². The predicted octanol–water partition coefficient (Wildman–Crippen LogP) is 2.81. The number of halogens is 1. The molecule has 0 radical (unpaired) electrons. The Morgan fingerprint density at radius 3 is 2.82 bits per heavy atom. The highest BCUT2D eigenvalue weighted by Gasteiger charge is 2.07. The van der Waals surface area contributed by atoms with Gasteiger partial charge in [0.25, 0.3) is 5.91 Å². The normalized spacial score (nSPS) is 10.6. The summed E-state index contributed by atoms with van der Waals surface area (Å²) in [6, 6.07) is 10.6. The molecule has 86 valence electrons. The highest BCUT2D eigenvalue weighted by Crippen LogP contribution is 2.15. The molecule has 0 atom stereocenters. The zero-order chi connectivity index (χ0) is 12.1. The maximum Gasteiger partial charge on any atom is 0.272 e. The van der Waals surface area contributed by atoms with Gasteiger partial charge in [-0.3, -0.25) is 4.79 Å². The van der Waals surface area contributed by atoms with Gasteiger partial charge in [0.2, 0.25) is 0 Å². The molecule has 1 aromatic carbocycles. The first-order chi connectivity index (χ1) is 8.27. The highest BCUT2D eigenvalue weighted by atomic mass is 79.9. The van der Waals surface area contributed by atoms with E-state index in [1.165, 1.54) is 12.5 Å². The van der Waals surface area contributed by atoms with E-state index in [1.807, 2.05) is 6.07 Å². The summed E-state index contributed by atoms with van der Waals surface area (Å²) in [4.78, 5) is 11.7. The Balaban J connectivity index is 2.01. The molecule has 0 spiro atoms. The lowest BCUT2D eigenvalue weighted by atomic mass is 10.2. The van der Waals surface area contributed by atoms with Crippen molar-refractivity contribution in [1.82, 2.24) is 5.43 Å². The molecular formula is C12H9BrN2O2. The van der Waals surface area contributed by atoms with Crippen molar-refractivity contribution in [3.8, 4) is 0 Å². The average Bonchev–Trinajstić information content (AvgIpc) is 2.82. The molecule has 0 saturated heterocycles. The number of nitrogens with zero attached hydrogens (tertiary/aromatic N) is 1. The van der Waals surface area contributed by atoms with Crippen LogP contribution in [-0.4, -0.2) is 12.1 Å². The topological polar surface area (TPSA) is 54.6 Å². The fourth-order valence-corrected chi connectivity index (χ4v) is 1.69. The lowest BCUT2D eigenvalue weighted by Crippen LogP contribution is -2.17. The van der Waals surface area contributed by atoms with Gasteiger partial charge in [-0.05, 0) is 40.2 Å². The lowest BCUT2D eigenvalue weighted by molar-refractivity contribution is 0.0954. The minimum absolute atomic E-state index is 0.278. The molecule has 0 saturated carbocycles. The molecule has 5 heteroatoms. The largest absolute Gasteiger partial charge is 0.463 e. The van der Waals surface area contributed by atoms with Crippen molar-refractivity contribution in [2.45, 2.75) is 0 Å². The SMILES string of the molecule is O=C(NN=Cc1ccco1)c1ccccc1Br. The molecule has 0 aliphatic carbocycles. The molecule has 1 N–H and O–H groups in total. The van der Waals surface area contributed by atoms with Crippen LogP contribution in [0, 0.1) is 0 Å². The van der Waals surface area contributed by atoms with Gasteiger partial charge in [-0.25, -0.2) is 5.43 Å². The molecule has 2 aromatic rings. The van der Waals surface area contributed by atoms with Gasteiger partial charge in [0.1, 0.15) is 5.76 Å². The summed E-state index contributed by atoms with van der Waals surface area (Å²) in [6.45, 7) is 0. The molecule has 0 bridgehead atoms. The second kappa shape index (κ2) is 5.45. The van der Waals surface area contributed by atoms with Crippen LogP contribution in [0.15, 0.2) is 56.7 Å². The van der Waals surface area contributed by atoms with Crippen LogP contribution in [0.3, 0.4) is 0 Å². The second-order valence-corrected chi connectivity index (χ2v) is 4.05. The Labute approximate surface area is 106 Å². The molecule has 17 heavy (non-hydrogen) atoms. The van der Waals surface area contributed by atoms with Gasteiger partial charge in [-0.2, -0.15) is 5.10 Å². The summed E-state index contributed by atoms with van der Waals surface area (Å²) in [5.41, 5.74) is 2.95. The smallest absolute Gasteiger partial charge is 0.272 e. The third kappa shape index (κ3) is 3.04. The Kier molecular flexibility index (Phi) is 3.72. The van der Waals surface area contributed by atoms with Crippen molar-refractivity contribution in [3.05, 3.63) is 58.5 Å². The van der Waals surface area contributed by atoms with E-state index in [2.05, 4.69) is 26.5 Å². The monoisotopic (exact) mass is 292 g/mol. The third-order valence-corrected chi connectivity index (χ3v) is 2.71. The Morgan fingerprint density at radius 2 is 2.12 bits per heavy atom. The van der Waals surface area contributed by atoms with E-state index in [-0.39, 0.29) is 5.91 Å². The van der Waals surface area contributed by atoms with E-state index in [0.29, 0.717) is 11.3 Å². The van der Waals surface area contributed by atoms with Crippen LogP contribution in [-0.2, 0) is 0 Å². The maximum atomic E-state index is 11.7. The Hall–Kier alpha value is -1.88. The first kappa shape index (κ1) is 11.6. The summed E-state index contributed by atoms with van der Waals surface area (Å²) in [5, 5.41) is 3.79. The first-order valence-electron chi connectivity index (χ1n) is 4.89. The van der Waals surface area contributed by atoms with Crippen LogP contribution in [0.5, 0.6) is 0 Å². The zero-order valence-corrected chi connectivity index (χ0v) is 10.3. The molecule has 0 aliphatic heterocycles. The van der Waals surface area contributed by atoms with E-state index in [1.54, 1.807) is 30.3 Å². The molecule has 4 nitrogen and oxygen atoms in total. The quantitative estimate of drug-likeness (QED) is 0.699. The zero-order valence-electron chi connectivity index (χ0n) is 8.76. The van der Waals surface area contributed by atoms with E-state index >= 15 is 0 Å². The minimum Gasteiger partial charge on any atom is -0.463 e. The van der Waals surface area contributed by atoms with Gasteiger partial charge in [-0.15, -0.1) is 0 Å². The number of benzene rings is 1. The highest BCUT2D eigenvalue weighted by molar-refractivity contribution is 9.10. The minimum atomic E-state index is -0.278. The van der Waals surface area contributed by atoms with E-state index in [4.69, 9.17) is 4.42 Å². The van der Waals surface area contributed by atoms with E-state index < -0.39 is 0 Å². The van der Waals surface area contributed by atoms with Crippen molar-refractivity contribution < 1.29 is 9.21 Å². The molecule has 2 rings (SSSR count). The fraction of sp³-hybridized carbons (Fsp3) is 0. The summed E-state index contributed by atoms with van der Waals surface area (Å²) in [6.07, 6.45) is 2.98. The van der Waals surface area contributed by atoms with Crippen molar-refractivity contribution in [1.29, 1.82) is 0 Å². The number of nitrogens with one attached hydrogen (secondary N) is 1. The van der Waals surface area contributed by atoms with Crippen LogP contribution < -0.4 is 5.43 Å². The molecular weight excluding hydrogens is 284 g/mol. The molecule has 1 amide bonds. The van der Waals surface area contributed by atoms with Gasteiger partial charge in [0.05, 0.1) is 18.0 Å². The summed E-state index contributed by atoms with van der Waals surface area (Å²) in [7, 11) is 0. The Bertz CT molecular complexity index is 535. The van der Waals surface area contributed by atoms with Crippen LogP contribution in [0.2, 0.25) is 0 Å². The Morgan fingerprint density at radius 1 is 1.29 bits per heavy atom. The van der Waals surface area contributed by atoms with Crippen LogP contribution in [0.1, 0.15) is 16.1 Å². The first-order valence-corrected chi connectivity index (χ1v) is 5.68. The number of furan rings is 1. The second-order valence-electron chi connectivity index (χ2n) is 3.19. The van der Waals surface area contributed by atoms with Gasteiger partial charge in [-0.1, -0.05) is 12.1 Å². The fourth-order valence-electron chi connectivity index (χ4n) is 1.22. The van der Waals surface area contributed by atoms with E-state index in [9.17, 15) is 4.79 Å². The van der Waals surface area contributed by atoms with Crippen molar-refractivity contribution in [2.75, 3.05) is 0 Å². The molecule has 0 unspecified atom stereocenters. The standard InChI is InChI=1S/C12H9BrN2O2/c13-11-6-2-1-5-10(11)12(16)15-14-8-9-4-3-7-17-9/h1-8H,(H,15,16). The number of hydrazone groups is 1. The van der Waals surface area contributed by atoms with E-state index in [0.717, 1.165) is 4.47 Å². The van der Waals surface area contributed by atoms with Crippen molar-refractivity contribution in [3.63, 3.8) is 0 Å². The number of rotatable bonds is 3. The predicted molar refractivity (Wildman–Crippen MR) is 67.9 cm³/mol. The van der Waals surface area contributed by atoms with Gasteiger partial charge >= 0.3 is 0 Å². The van der Waals surface area contributed by atoms with Crippen LogP contribution >= 0.6 is 15.9 Å². The van der Waals surface area contributed by atoms with Crippen LogP contribution in [0.25, 0.3) is 0 Å². The summed E-state index contributed by atoms with van der Waals surface area (Å²) < 4.78 is 5.76. The third-order valence-electron chi connectivity index (χ3n) is 2.02. The molecule has 1 aromatic heterocycles. The summed E-state index contributed by atoms with van der Waals surface area (Å²) >= 11 is 3.30. The summed E-state index contributed by atoms with van der Waals surface area (Å²) in [5.74, 6) is 0.303.